The van der Waals surface area contributed by atoms with Crippen molar-refractivity contribution in [1.82, 2.24) is 35.3 Å². The quantitative estimate of drug-likeness (QED) is 0.713. The third-order valence-corrected chi connectivity index (χ3v) is 8.06. The minimum absolute atomic E-state index is 0.0401. The highest BCUT2D eigenvalue weighted by molar-refractivity contribution is 5.87. The third-order valence-electron chi connectivity index (χ3n) is 8.06. The number of rotatable bonds is 5. The molecule has 34 heavy (non-hydrogen) atoms. The van der Waals surface area contributed by atoms with Gasteiger partial charge in [-0.3, -0.25) is 14.5 Å². The molecule has 5 atom stereocenters. The first kappa shape index (κ1) is 21.2. The molecule has 2 aromatic rings. The highest BCUT2D eigenvalue weighted by atomic mass is 16.2. The molecule has 6 rings (SSSR count). The van der Waals surface area contributed by atoms with E-state index in [-0.39, 0.29) is 41.9 Å². The van der Waals surface area contributed by atoms with E-state index in [1.807, 2.05) is 13.0 Å². The number of piperazine rings is 1. The van der Waals surface area contributed by atoms with Crippen LogP contribution in [0.3, 0.4) is 0 Å². The highest BCUT2D eigenvalue weighted by Gasteiger charge is 2.53. The van der Waals surface area contributed by atoms with Gasteiger partial charge in [0.15, 0.2) is 0 Å². The number of hydrogen-bond acceptors (Lipinski definition) is 7. The second-order valence-electron chi connectivity index (χ2n) is 10.0. The maximum absolute atomic E-state index is 13.4. The number of likely N-dealkylation sites (tertiary alicyclic amines) is 3. The molecule has 3 fully saturated rings. The van der Waals surface area contributed by atoms with Crippen LogP contribution in [0.5, 0.6) is 0 Å². The first-order valence-corrected chi connectivity index (χ1v) is 12.2. The van der Waals surface area contributed by atoms with Crippen LogP contribution in [0.25, 0.3) is 11.4 Å². The van der Waals surface area contributed by atoms with Crippen molar-refractivity contribution < 1.29 is 9.59 Å². The molecule has 1 aromatic heterocycles. The largest absolute Gasteiger partial charge is 0.330 e. The monoisotopic (exact) mass is 460 g/mol. The maximum atomic E-state index is 13.4. The Kier molecular flexibility index (Phi) is 5.10. The van der Waals surface area contributed by atoms with Crippen LogP contribution in [0.2, 0.25) is 0 Å². The zero-order chi connectivity index (χ0) is 23.4. The number of aromatic amines is 1. The molecule has 0 unspecified atom stereocenters. The van der Waals surface area contributed by atoms with Gasteiger partial charge in [-0.1, -0.05) is 19.1 Å². The van der Waals surface area contributed by atoms with Crippen molar-refractivity contribution >= 4 is 11.8 Å². The lowest BCUT2D eigenvalue weighted by Gasteiger charge is -2.38. The van der Waals surface area contributed by atoms with E-state index < -0.39 is 0 Å². The summed E-state index contributed by atoms with van der Waals surface area (Å²) in [5, 5.41) is 23.6. The van der Waals surface area contributed by atoms with E-state index in [9.17, 15) is 14.9 Å². The van der Waals surface area contributed by atoms with E-state index in [0.717, 1.165) is 44.2 Å². The summed E-state index contributed by atoms with van der Waals surface area (Å²) in [6.45, 7) is 3.97. The van der Waals surface area contributed by atoms with Gasteiger partial charge in [0.05, 0.1) is 18.2 Å². The minimum Gasteiger partial charge on any atom is -0.330 e. The molecule has 1 N–H and O–H groups in total. The summed E-state index contributed by atoms with van der Waals surface area (Å²) < 4.78 is 0. The third kappa shape index (κ3) is 3.29. The first-order valence-electron chi connectivity index (χ1n) is 12.2. The lowest BCUT2D eigenvalue weighted by Crippen LogP contribution is -2.53. The first-order chi connectivity index (χ1) is 16.5. The van der Waals surface area contributed by atoms with Gasteiger partial charge < -0.3 is 9.80 Å². The lowest BCUT2D eigenvalue weighted by atomic mass is 10.0. The van der Waals surface area contributed by atoms with Gasteiger partial charge >= 0.3 is 0 Å². The smallest absolute Gasteiger partial charge is 0.240 e. The topological polar surface area (TPSA) is 122 Å². The molecule has 0 spiro atoms. The predicted octanol–water partition coefficient (Wildman–Crippen LogP) is 1.29. The van der Waals surface area contributed by atoms with E-state index >= 15 is 0 Å². The second kappa shape index (κ2) is 8.17. The Hall–Kier alpha value is -3.32. The van der Waals surface area contributed by atoms with Crippen LogP contribution in [-0.2, 0) is 16.0 Å². The van der Waals surface area contributed by atoms with Crippen LogP contribution < -0.4 is 0 Å². The van der Waals surface area contributed by atoms with Crippen molar-refractivity contribution in [3.63, 3.8) is 0 Å². The number of aromatic nitrogens is 4. The summed E-state index contributed by atoms with van der Waals surface area (Å²) in [6.07, 6.45) is 4.34. The van der Waals surface area contributed by atoms with Crippen LogP contribution in [0.4, 0.5) is 0 Å². The molecule has 4 heterocycles. The van der Waals surface area contributed by atoms with Crippen LogP contribution in [0, 0.1) is 17.2 Å². The number of nitriles is 1. The average molecular weight is 461 g/mol. The van der Waals surface area contributed by atoms with E-state index in [0.29, 0.717) is 18.9 Å². The van der Waals surface area contributed by atoms with Crippen LogP contribution >= 0.6 is 0 Å². The molecule has 0 radical (unpaired) electrons. The molecular formula is C24H28N8O2. The summed E-state index contributed by atoms with van der Waals surface area (Å²) in [5.41, 5.74) is 3.40. The summed E-state index contributed by atoms with van der Waals surface area (Å²) in [6, 6.07) is 8.34. The zero-order valence-corrected chi connectivity index (χ0v) is 19.2. The van der Waals surface area contributed by atoms with Crippen LogP contribution in [0.15, 0.2) is 18.2 Å². The number of nitrogens with one attached hydrogen (secondary N) is 1. The standard InChI is InChI=1S/C24H28N8O2/c1-14(23(33)31-8-2-3-17(31)11-25)12-30-13-18-10-21(30)24(34)32(18)20-7-5-15-9-16(4-6-19(15)20)22-26-28-29-27-22/h4,6,9,14,17-18,20-21H,2-3,5,7-8,10,12-13H2,1H3,(H,26,27,28,29)/t14-,17-,18+,20+,21+/m0/s1. The molecule has 2 amide bonds. The minimum atomic E-state index is -0.301. The Labute approximate surface area is 197 Å². The number of aryl methyl sites for hydroxylation is 1. The number of carbonyl (C=O) groups excluding carboxylic acids is 2. The summed E-state index contributed by atoms with van der Waals surface area (Å²) in [7, 11) is 0. The molecule has 2 bridgehead atoms. The normalized spacial score (nSPS) is 29.0. The fourth-order valence-electron chi connectivity index (χ4n) is 6.48. The van der Waals surface area contributed by atoms with Gasteiger partial charge in [0.1, 0.15) is 6.04 Å². The Morgan fingerprint density at radius 3 is 2.97 bits per heavy atom. The number of benzene rings is 1. The predicted molar refractivity (Wildman–Crippen MR) is 121 cm³/mol. The fraction of sp³-hybridized carbons (Fsp3) is 0.583. The van der Waals surface area contributed by atoms with E-state index in [1.54, 1.807) is 4.90 Å². The number of H-pyrrole nitrogens is 1. The molecule has 10 heteroatoms. The van der Waals surface area contributed by atoms with Gasteiger partial charge in [-0.25, -0.2) is 0 Å². The van der Waals surface area contributed by atoms with Crippen LogP contribution in [-0.4, -0.2) is 84.9 Å². The van der Waals surface area contributed by atoms with Crippen molar-refractivity contribution in [2.45, 2.75) is 63.2 Å². The zero-order valence-electron chi connectivity index (χ0n) is 19.2. The molecule has 3 aliphatic heterocycles. The SMILES string of the molecule is C[C@@H](CN1C[C@H]2C[C@@H]1C(=O)N2[C@@H]1CCc2cc(-c3nn[nH]n3)ccc21)C(=O)N1CCC[C@H]1C#N. The van der Waals surface area contributed by atoms with Gasteiger partial charge in [-0.2, -0.15) is 10.5 Å². The van der Waals surface area contributed by atoms with Crippen molar-refractivity contribution in [1.29, 1.82) is 5.26 Å². The van der Waals surface area contributed by atoms with Crippen LogP contribution in [0.1, 0.15) is 49.8 Å². The Morgan fingerprint density at radius 2 is 2.21 bits per heavy atom. The molecule has 10 nitrogen and oxygen atoms in total. The molecule has 1 aromatic carbocycles. The number of fused-ring (bicyclic) bond motifs is 3. The van der Waals surface area contributed by atoms with E-state index in [1.165, 1.54) is 11.1 Å². The lowest BCUT2D eigenvalue weighted by molar-refractivity contribution is -0.142. The fourth-order valence-corrected chi connectivity index (χ4v) is 6.48. The van der Waals surface area contributed by atoms with E-state index in [2.05, 4.69) is 48.6 Å². The number of nitrogens with zero attached hydrogens (tertiary/aromatic N) is 7. The summed E-state index contributed by atoms with van der Waals surface area (Å²) >= 11 is 0. The number of tetrazole rings is 1. The van der Waals surface area contributed by atoms with Gasteiger partial charge in [0.25, 0.3) is 0 Å². The van der Waals surface area contributed by atoms with E-state index in [4.69, 9.17) is 0 Å². The Balaban J connectivity index is 1.13. The molecular weight excluding hydrogens is 432 g/mol. The molecule has 176 valence electrons. The van der Waals surface area contributed by atoms with Crippen molar-refractivity contribution in [3.8, 4) is 17.5 Å². The maximum Gasteiger partial charge on any atom is 0.240 e. The number of hydrogen-bond donors (Lipinski definition) is 1. The molecule has 4 aliphatic rings. The van der Waals surface area contributed by atoms with Gasteiger partial charge in [0.2, 0.25) is 17.6 Å². The van der Waals surface area contributed by atoms with Crippen molar-refractivity contribution in [2.24, 2.45) is 5.92 Å². The molecule has 0 saturated carbocycles. The average Bonchev–Trinajstić information content (AvgIpc) is 3.66. The Bertz CT molecular complexity index is 1160. The molecule has 1 aliphatic carbocycles. The van der Waals surface area contributed by atoms with Crippen molar-refractivity contribution in [3.05, 3.63) is 29.3 Å². The number of amides is 2. The summed E-state index contributed by atoms with van der Waals surface area (Å²) in [4.78, 5) is 32.4. The molecule has 3 saturated heterocycles. The second-order valence-corrected chi connectivity index (χ2v) is 10.0. The Morgan fingerprint density at radius 1 is 1.32 bits per heavy atom. The van der Waals surface area contributed by atoms with Gasteiger partial charge in [-0.05, 0) is 54.5 Å². The van der Waals surface area contributed by atoms with Crippen molar-refractivity contribution in [2.75, 3.05) is 19.6 Å². The van der Waals surface area contributed by atoms with Gasteiger partial charge in [0, 0.05) is 37.2 Å². The number of carbonyl (C=O) groups is 2. The van der Waals surface area contributed by atoms with Gasteiger partial charge in [-0.15, -0.1) is 10.2 Å². The summed E-state index contributed by atoms with van der Waals surface area (Å²) in [5.74, 6) is 0.590. The highest BCUT2D eigenvalue weighted by Crippen LogP contribution is 2.44.